The number of rotatable bonds is 3. The summed E-state index contributed by atoms with van der Waals surface area (Å²) in [6.45, 7) is 0.0112. The van der Waals surface area contributed by atoms with Gasteiger partial charge in [-0.3, -0.25) is 4.79 Å². The smallest absolute Gasteiger partial charge is 0.247 e. The van der Waals surface area contributed by atoms with E-state index in [0.717, 1.165) is 0 Å². The van der Waals surface area contributed by atoms with Gasteiger partial charge in [-0.1, -0.05) is 11.6 Å². The molecule has 0 aliphatic carbocycles. The Hall–Kier alpha value is -2.09. The molecular formula is C7H6ClN7O. The number of halogens is 1. The monoisotopic (exact) mass is 239 g/mol. The van der Waals surface area contributed by atoms with Crippen LogP contribution in [0.2, 0.25) is 5.15 Å². The first kappa shape index (κ1) is 10.4. The molecule has 8 nitrogen and oxygen atoms in total. The lowest BCUT2D eigenvalue weighted by atomic mass is 10.5. The summed E-state index contributed by atoms with van der Waals surface area (Å²) >= 11 is 5.55. The molecule has 16 heavy (non-hydrogen) atoms. The normalized spacial score (nSPS) is 10.1. The fraction of sp³-hybridized carbons (Fsp3) is 0.143. The van der Waals surface area contributed by atoms with Crippen LogP contribution in [0.3, 0.4) is 0 Å². The summed E-state index contributed by atoms with van der Waals surface area (Å²) in [5.74, 6) is 0.0198. The zero-order valence-corrected chi connectivity index (χ0v) is 8.66. The fourth-order valence-corrected chi connectivity index (χ4v) is 1.07. The molecule has 0 atom stereocenters. The van der Waals surface area contributed by atoms with Crippen LogP contribution in [-0.4, -0.2) is 36.3 Å². The van der Waals surface area contributed by atoms with Crippen LogP contribution in [0.1, 0.15) is 0 Å². The number of tetrazole rings is 1. The molecule has 0 bridgehead atoms. The lowest BCUT2D eigenvalue weighted by Gasteiger charge is -2.02. The fourth-order valence-electron chi connectivity index (χ4n) is 0.965. The van der Waals surface area contributed by atoms with Crippen molar-refractivity contribution in [3.63, 3.8) is 0 Å². The minimum absolute atomic E-state index is 0.0112. The summed E-state index contributed by atoms with van der Waals surface area (Å²) < 4.78 is 1.29. The molecule has 1 amide bonds. The molecule has 0 spiro atoms. The van der Waals surface area contributed by atoms with Gasteiger partial charge in [0, 0.05) is 0 Å². The number of carbonyl (C=O) groups is 1. The van der Waals surface area contributed by atoms with Gasteiger partial charge >= 0.3 is 0 Å². The maximum absolute atomic E-state index is 11.4. The van der Waals surface area contributed by atoms with Gasteiger partial charge in [-0.05, 0) is 22.6 Å². The second-order valence-electron chi connectivity index (χ2n) is 2.80. The van der Waals surface area contributed by atoms with Crippen molar-refractivity contribution in [2.45, 2.75) is 6.54 Å². The van der Waals surface area contributed by atoms with Gasteiger partial charge in [0.15, 0.2) is 11.0 Å². The Labute approximate surface area is 94.6 Å². The molecule has 0 fully saturated rings. The van der Waals surface area contributed by atoms with Gasteiger partial charge in [-0.15, -0.1) is 15.3 Å². The van der Waals surface area contributed by atoms with E-state index >= 15 is 0 Å². The third-order valence-corrected chi connectivity index (χ3v) is 1.80. The number of nitrogens with one attached hydrogen (secondary N) is 1. The second kappa shape index (κ2) is 4.62. The SMILES string of the molecule is O=C(Cn1cnnn1)Nc1ccc(Cl)nn1. The Morgan fingerprint density at radius 2 is 2.31 bits per heavy atom. The van der Waals surface area contributed by atoms with E-state index in [9.17, 15) is 4.79 Å². The number of anilines is 1. The van der Waals surface area contributed by atoms with Crippen molar-refractivity contribution in [3.05, 3.63) is 23.6 Å². The van der Waals surface area contributed by atoms with Crippen molar-refractivity contribution in [2.24, 2.45) is 0 Å². The standard InChI is InChI=1S/C7H6ClN7O/c8-5-1-2-6(12-11-5)10-7(16)3-15-4-9-13-14-15/h1-2,4H,3H2,(H,10,12,16). The van der Waals surface area contributed by atoms with Crippen molar-refractivity contribution in [3.8, 4) is 0 Å². The maximum Gasteiger partial charge on any atom is 0.247 e. The molecule has 0 saturated carbocycles. The first-order valence-corrected chi connectivity index (χ1v) is 4.62. The minimum atomic E-state index is -0.302. The molecule has 2 heterocycles. The average molecular weight is 240 g/mol. The average Bonchev–Trinajstić information content (AvgIpc) is 2.74. The minimum Gasteiger partial charge on any atom is -0.308 e. The van der Waals surface area contributed by atoms with Crippen LogP contribution < -0.4 is 5.32 Å². The lowest BCUT2D eigenvalue weighted by molar-refractivity contribution is -0.117. The number of nitrogens with zero attached hydrogens (tertiary/aromatic N) is 6. The van der Waals surface area contributed by atoms with E-state index in [4.69, 9.17) is 11.6 Å². The molecular weight excluding hydrogens is 234 g/mol. The third kappa shape index (κ3) is 2.70. The van der Waals surface area contributed by atoms with Crippen LogP contribution in [0, 0.1) is 0 Å². The Balaban J connectivity index is 1.95. The van der Waals surface area contributed by atoms with E-state index in [0.29, 0.717) is 5.82 Å². The second-order valence-corrected chi connectivity index (χ2v) is 3.18. The summed E-state index contributed by atoms with van der Waals surface area (Å²) in [6, 6.07) is 3.08. The summed E-state index contributed by atoms with van der Waals surface area (Å²) in [4.78, 5) is 11.4. The largest absolute Gasteiger partial charge is 0.308 e. The predicted octanol–water partition coefficient (Wildman–Crippen LogP) is -0.245. The molecule has 9 heteroatoms. The molecule has 2 aromatic rings. The van der Waals surface area contributed by atoms with Crippen LogP contribution in [0.25, 0.3) is 0 Å². The van der Waals surface area contributed by atoms with Gasteiger partial charge in [0.2, 0.25) is 5.91 Å². The third-order valence-electron chi connectivity index (χ3n) is 1.60. The number of carbonyl (C=O) groups excluding carboxylic acids is 1. The van der Waals surface area contributed by atoms with Crippen LogP contribution in [-0.2, 0) is 11.3 Å². The van der Waals surface area contributed by atoms with E-state index in [1.54, 1.807) is 6.07 Å². The summed E-state index contributed by atoms with van der Waals surface area (Å²) in [5.41, 5.74) is 0. The number of hydrogen-bond acceptors (Lipinski definition) is 6. The van der Waals surface area contributed by atoms with Crippen molar-refractivity contribution in [2.75, 3.05) is 5.32 Å². The predicted molar refractivity (Wildman–Crippen MR) is 53.5 cm³/mol. The van der Waals surface area contributed by atoms with Gasteiger partial charge in [-0.2, -0.15) is 0 Å². The molecule has 82 valence electrons. The highest BCUT2D eigenvalue weighted by atomic mass is 35.5. The van der Waals surface area contributed by atoms with E-state index in [-0.39, 0.29) is 17.6 Å². The van der Waals surface area contributed by atoms with Crippen LogP contribution in [0.4, 0.5) is 5.82 Å². The first-order valence-electron chi connectivity index (χ1n) is 4.24. The zero-order valence-electron chi connectivity index (χ0n) is 7.91. The topological polar surface area (TPSA) is 98.5 Å². The van der Waals surface area contributed by atoms with Crippen LogP contribution >= 0.6 is 11.6 Å². The van der Waals surface area contributed by atoms with Crippen molar-refractivity contribution < 1.29 is 4.79 Å². The van der Waals surface area contributed by atoms with Gasteiger partial charge < -0.3 is 5.32 Å². The summed E-state index contributed by atoms with van der Waals surface area (Å²) in [6.07, 6.45) is 1.34. The van der Waals surface area contributed by atoms with Gasteiger partial charge in [-0.25, -0.2) is 4.68 Å². The molecule has 0 unspecified atom stereocenters. The molecule has 1 N–H and O–H groups in total. The van der Waals surface area contributed by atoms with Gasteiger partial charge in [0.25, 0.3) is 0 Å². The van der Waals surface area contributed by atoms with Crippen LogP contribution in [0.15, 0.2) is 18.5 Å². The number of hydrogen-bond donors (Lipinski definition) is 1. The van der Waals surface area contributed by atoms with Crippen molar-refractivity contribution in [1.29, 1.82) is 0 Å². The molecule has 2 aromatic heterocycles. The highest BCUT2D eigenvalue weighted by molar-refractivity contribution is 6.29. The molecule has 0 aliphatic rings. The summed E-state index contributed by atoms with van der Waals surface area (Å²) in [7, 11) is 0. The Morgan fingerprint density at radius 1 is 1.44 bits per heavy atom. The number of aromatic nitrogens is 6. The highest BCUT2D eigenvalue weighted by Gasteiger charge is 2.05. The number of amides is 1. The highest BCUT2D eigenvalue weighted by Crippen LogP contribution is 2.05. The van der Waals surface area contributed by atoms with E-state index in [2.05, 4.69) is 31.0 Å². The lowest BCUT2D eigenvalue weighted by Crippen LogP contribution is -2.19. The van der Waals surface area contributed by atoms with Crippen molar-refractivity contribution in [1.82, 2.24) is 30.4 Å². The summed E-state index contributed by atoms with van der Waals surface area (Å²) in [5, 5.41) is 20.4. The van der Waals surface area contributed by atoms with Crippen LogP contribution in [0.5, 0.6) is 0 Å². The van der Waals surface area contributed by atoms with Gasteiger partial charge in [0.05, 0.1) is 0 Å². The Morgan fingerprint density at radius 3 is 2.94 bits per heavy atom. The molecule has 0 radical (unpaired) electrons. The maximum atomic E-state index is 11.4. The van der Waals surface area contributed by atoms with Gasteiger partial charge in [0.1, 0.15) is 12.9 Å². The molecule has 0 aliphatic heterocycles. The van der Waals surface area contributed by atoms with E-state index in [1.807, 2.05) is 0 Å². The molecule has 0 saturated heterocycles. The van der Waals surface area contributed by atoms with Crippen molar-refractivity contribution >= 4 is 23.3 Å². The van der Waals surface area contributed by atoms with E-state index < -0.39 is 0 Å². The quantitative estimate of drug-likeness (QED) is 0.793. The Kier molecular flexibility index (Phi) is 3.01. The first-order chi connectivity index (χ1) is 7.74. The zero-order chi connectivity index (χ0) is 11.4. The van der Waals surface area contributed by atoms with E-state index in [1.165, 1.54) is 17.1 Å². The molecule has 2 rings (SSSR count). The Bertz CT molecular complexity index is 468. The molecule has 0 aromatic carbocycles.